The lowest BCUT2D eigenvalue weighted by Crippen LogP contribution is -2.05. The van der Waals surface area contributed by atoms with Gasteiger partial charge in [-0.3, -0.25) is 0 Å². The van der Waals surface area contributed by atoms with E-state index in [0.717, 1.165) is 12.1 Å². The first-order valence-corrected chi connectivity index (χ1v) is 5.80. The van der Waals surface area contributed by atoms with Gasteiger partial charge < -0.3 is 5.11 Å². The van der Waals surface area contributed by atoms with Gasteiger partial charge in [-0.05, 0) is 36.4 Å². The van der Waals surface area contributed by atoms with E-state index in [4.69, 9.17) is 0 Å². The Balaban J connectivity index is 2.10. The minimum Gasteiger partial charge on any atom is -0.507 e. The summed E-state index contributed by atoms with van der Waals surface area (Å²) < 4.78 is 39.0. The second-order valence-electron chi connectivity index (χ2n) is 4.31. The number of fused-ring (bicyclic) bond motifs is 1. The van der Waals surface area contributed by atoms with E-state index in [1.165, 1.54) is 29.1 Å². The van der Waals surface area contributed by atoms with Crippen molar-refractivity contribution >= 4 is 10.9 Å². The molecule has 0 atom stereocenters. The first-order chi connectivity index (χ1) is 9.47. The number of phenolic OH excluding ortho intramolecular Hbond substituents is 1. The number of hydrogen-bond acceptors (Lipinski definition) is 2. The average Bonchev–Trinajstić information content (AvgIpc) is 2.83. The number of hydrogen-bond donors (Lipinski definition) is 1. The summed E-state index contributed by atoms with van der Waals surface area (Å²) in [5.74, 6) is 0.0839. The number of rotatable bonds is 1. The largest absolute Gasteiger partial charge is 0.507 e. The first kappa shape index (κ1) is 12.5. The van der Waals surface area contributed by atoms with Crippen LogP contribution in [0.15, 0.2) is 48.7 Å². The van der Waals surface area contributed by atoms with Gasteiger partial charge in [-0.15, -0.1) is 0 Å². The van der Waals surface area contributed by atoms with Crippen LogP contribution < -0.4 is 0 Å². The Bertz CT molecular complexity index is 760. The van der Waals surface area contributed by atoms with Crippen LogP contribution in [0.1, 0.15) is 5.56 Å². The van der Waals surface area contributed by atoms with Crippen LogP contribution >= 0.6 is 0 Å². The third kappa shape index (κ3) is 1.99. The minimum absolute atomic E-state index is 0.0839. The molecule has 1 N–H and O–H groups in total. The topological polar surface area (TPSA) is 38.1 Å². The molecule has 2 aromatic carbocycles. The average molecular weight is 278 g/mol. The zero-order chi connectivity index (χ0) is 14.3. The molecule has 1 aromatic heterocycles. The van der Waals surface area contributed by atoms with Gasteiger partial charge in [-0.25, -0.2) is 4.68 Å². The quantitative estimate of drug-likeness (QED) is 0.736. The molecule has 0 fully saturated rings. The Hall–Kier alpha value is -2.50. The molecule has 3 nitrogen and oxygen atoms in total. The van der Waals surface area contributed by atoms with E-state index in [1.807, 2.05) is 0 Å². The van der Waals surface area contributed by atoms with Crippen LogP contribution in [0.4, 0.5) is 13.2 Å². The maximum atomic E-state index is 12.5. The lowest BCUT2D eigenvalue weighted by molar-refractivity contribution is -0.137. The van der Waals surface area contributed by atoms with Crippen molar-refractivity contribution in [1.29, 1.82) is 0 Å². The van der Waals surface area contributed by atoms with E-state index in [-0.39, 0.29) is 5.75 Å². The highest BCUT2D eigenvalue weighted by Gasteiger charge is 2.30. The number of aromatic nitrogens is 2. The number of alkyl halides is 3. The van der Waals surface area contributed by atoms with Crippen molar-refractivity contribution in [3.63, 3.8) is 0 Å². The zero-order valence-electron chi connectivity index (χ0n) is 10.1. The van der Waals surface area contributed by atoms with Gasteiger partial charge in [0, 0.05) is 0 Å². The van der Waals surface area contributed by atoms with E-state index in [9.17, 15) is 18.3 Å². The van der Waals surface area contributed by atoms with Crippen molar-refractivity contribution in [2.24, 2.45) is 0 Å². The Morgan fingerprint density at radius 2 is 1.70 bits per heavy atom. The number of aromatic hydroxyl groups is 1. The smallest absolute Gasteiger partial charge is 0.416 e. The monoisotopic (exact) mass is 278 g/mol. The molecule has 0 aliphatic rings. The van der Waals surface area contributed by atoms with Gasteiger partial charge in [-0.1, -0.05) is 6.07 Å². The van der Waals surface area contributed by atoms with E-state index in [0.29, 0.717) is 16.6 Å². The fraction of sp³-hybridized carbons (Fsp3) is 0.0714. The highest BCUT2D eigenvalue weighted by atomic mass is 19.4. The van der Waals surface area contributed by atoms with Gasteiger partial charge in [0.15, 0.2) is 0 Å². The molecule has 0 aliphatic carbocycles. The summed E-state index contributed by atoms with van der Waals surface area (Å²) in [6.07, 6.45) is -2.88. The molecule has 0 saturated heterocycles. The van der Waals surface area contributed by atoms with Gasteiger partial charge in [0.25, 0.3) is 0 Å². The fourth-order valence-corrected chi connectivity index (χ4v) is 2.03. The number of nitrogens with zero attached hydrogens (tertiary/aromatic N) is 2. The molecule has 0 amide bonds. The van der Waals surface area contributed by atoms with Crippen LogP contribution in [0.25, 0.3) is 16.6 Å². The van der Waals surface area contributed by atoms with Gasteiger partial charge >= 0.3 is 6.18 Å². The molecule has 0 saturated carbocycles. The second-order valence-corrected chi connectivity index (χ2v) is 4.31. The van der Waals surface area contributed by atoms with Gasteiger partial charge in [-0.2, -0.15) is 18.3 Å². The summed E-state index contributed by atoms with van der Waals surface area (Å²) in [4.78, 5) is 0. The van der Waals surface area contributed by atoms with Crippen molar-refractivity contribution in [3.8, 4) is 11.4 Å². The Kier molecular flexibility index (Phi) is 2.67. The highest BCUT2D eigenvalue weighted by molar-refractivity contribution is 5.86. The minimum atomic E-state index is -4.36. The van der Waals surface area contributed by atoms with E-state index in [2.05, 4.69) is 5.10 Å². The van der Waals surface area contributed by atoms with Crippen molar-refractivity contribution in [2.45, 2.75) is 6.18 Å². The molecule has 20 heavy (non-hydrogen) atoms. The van der Waals surface area contributed by atoms with Crippen LogP contribution in [-0.4, -0.2) is 14.9 Å². The van der Waals surface area contributed by atoms with Gasteiger partial charge in [0.05, 0.1) is 28.4 Å². The molecule has 102 valence electrons. The Labute approximate surface area is 111 Å². The van der Waals surface area contributed by atoms with Crippen LogP contribution in [0.5, 0.6) is 5.75 Å². The molecular formula is C14H9F3N2O. The molecule has 0 spiro atoms. The maximum absolute atomic E-state index is 12.5. The van der Waals surface area contributed by atoms with Crippen molar-refractivity contribution in [2.75, 3.05) is 0 Å². The normalized spacial score (nSPS) is 11.9. The van der Waals surface area contributed by atoms with Crippen molar-refractivity contribution in [3.05, 3.63) is 54.2 Å². The summed E-state index contributed by atoms with van der Waals surface area (Å²) in [6, 6.07) is 9.62. The summed E-state index contributed by atoms with van der Waals surface area (Å²) in [5.41, 5.74) is 0.420. The molecule has 3 rings (SSSR count). The molecule has 1 heterocycles. The van der Waals surface area contributed by atoms with Gasteiger partial charge in [0.2, 0.25) is 0 Å². The molecule has 0 bridgehead atoms. The molecule has 3 aromatic rings. The van der Waals surface area contributed by atoms with Crippen LogP contribution in [0, 0.1) is 0 Å². The predicted octanol–water partition coefficient (Wildman–Crippen LogP) is 3.75. The highest BCUT2D eigenvalue weighted by Crippen LogP contribution is 2.30. The van der Waals surface area contributed by atoms with E-state index in [1.54, 1.807) is 12.1 Å². The lowest BCUT2D eigenvalue weighted by atomic mass is 10.2. The molecule has 6 heteroatoms. The van der Waals surface area contributed by atoms with Crippen molar-refractivity contribution < 1.29 is 18.3 Å². The molecule has 0 unspecified atom stereocenters. The standard InChI is InChI=1S/C14H9F3N2O/c15-14(16,17)9-4-6-10(7-5-9)19-12-2-1-3-13(20)11(12)8-18-19/h1-8,20H. The maximum Gasteiger partial charge on any atom is 0.416 e. The van der Waals surface area contributed by atoms with Crippen molar-refractivity contribution in [1.82, 2.24) is 9.78 Å². The first-order valence-electron chi connectivity index (χ1n) is 5.80. The van der Waals surface area contributed by atoms with E-state index >= 15 is 0 Å². The summed E-state index contributed by atoms with van der Waals surface area (Å²) in [7, 11) is 0. The van der Waals surface area contributed by atoms with Gasteiger partial charge in [0.1, 0.15) is 5.75 Å². The number of benzene rings is 2. The molecule has 0 radical (unpaired) electrons. The molecular weight excluding hydrogens is 269 g/mol. The summed E-state index contributed by atoms with van der Waals surface area (Å²) >= 11 is 0. The number of phenols is 1. The SMILES string of the molecule is Oc1cccc2c1cnn2-c1ccc(C(F)(F)F)cc1. The Morgan fingerprint density at radius 3 is 2.35 bits per heavy atom. The second kappa shape index (κ2) is 4.26. The Morgan fingerprint density at radius 1 is 1.00 bits per heavy atom. The summed E-state index contributed by atoms with van der Waals surface area (Å²) in [6.45, 7) is 0. The summed E-state index contributed by atoms with van der Waals surface area (Å²) in [5, 5.41) is 14.3. The third-order valence-electron chi connectivity index (χ3n) is 3.03. The predicted molar refractivity (Wildman–Crippen MR) is 67.7 cm³/mol. The van der Waals surface area contributed by atoms with Crippen LogP contribution in [-0.2, 0) is 6.18 Å². The lowest BCUT2D eigenvalue weighted by Gasteiger charge is -2.08. The fourth-order valence-electron chi connectivity index (χ4n) is 2.03. The van der Waals surface area contributed by atoms with Crippen LogP contribution in [0.2, 0.25) is 0 Å². The number of halogens is 3. The zero-order valence-corrected chi connectivity index (χ0v) is 10.1. The van der Waals surface area contributed by atoms with E-state index < -0.39 is 11.7 Å². The molecule has 0 aliphatic heterocycles. The third-order valence-corrected chi connectivity index (χ3v) is 3.03. The van der Waals surface area contributed by atoms with Crippen LogP contribution in [0.3, 0.4) is 0 Å².